The van der Waals surface area contributed by atoms with Gasteiger partial charge in [-0.15, -0.1) is 0 Å². The maximum Gasteiger partial charge on any atom is 0.343 e. The van der Waals surface area contributed by atoms with Crippen LogP contribution in [0, 0.1) is 13.8 Å². The number of para-hydroxylation sites is 1. The predicted octanol–water partition coefficient (Wildman–Crippen LogP) is 2.54. The molecule has 1 saturated heterocycles. The topological polar surface area (TPSA) is 72.9 Å². The molecule has 0 bridgehead atoms. The van der Waals surface area contributed by atoms with Crippen LogP contribution in [0.5, 0.6) is 5.75 Å². The van der Waals surface area contributed by atoms with Crippen molar-refractivity contribution >= 4 is 16.0 Å². The third-order valence-electron chi connectivity index (χ3n) is 4.30. The van der Waals surface area contributed by atoms with E-state index in [0.717, 1.165) is 11.1 Å². The van der Waals surface area contributed by atoms with Crippen molar-refractivity contribution in [3.63, 3.8) is 0 Å². The highest BCUT2D eigenvalue weighted by molar-refractivity contribution is 7.89. The lowest BCUT2D eigenvalue weighted by atomic mass is 10.1. The third-order valence-corrected chi connectivity index (χ3v) is 6.21. The molecule has 3 rings (SSSR count). The molecule has 0 aromatic heterocycles. The number of nitrogens with zero attached hydrogens (tertiary/aromatic N) is 1. The van der Waals surface area contributed by atoms with Gasteiger partial charge in [-0.1, -0.05) is 18.2 Å². The second-order valence-electron chi connectivity index (χ2n) is 6.15. The Balaban J connectivity index is 1.78. The number of hydrogen-bond acceptors (Lipinski definition) is 5. The van der Waals surface area contributed by atoms with Gasteiger partial charge in [0.2, 0.25) is 10.0 Å². The first-order chi connectivity index (χ1) is 12.4. The van der Waals surface area contributed by atoms with Crippen LogP contribution in [-0.2, 0) is 14.8 Å². The van der Waals surface area contributed by atoms with Gasteiger partial charge in [0.25, 0.3) is 0 Å². The number of carbonyl (C=O) groups is 1. The number of hydrogen-bond donors (Lipinski definition) is 0. The van der Waals surface area contributed by atoms with Crippen LogP contribution < -0.4 is 4.74 Å². The van der Waals surface area contributed by atoms with Crippen LogP contribution in [0.1, 0.15) is 21.5 Å². The quantitative estimate of drug-likeness (QED) is 0.607. The highest BCUT2D eigenvalue weighted by Crippen LogP contribution is 2.24. The lowest BCUT2D eigenvalue weighted by molar-refractivity contribution is 0.0730. The molecule has 0 radical (unpaired) electrons. The van der Waals surface area contributed by atoms with Gasteiger partial charge in [-0.3, -0.25) is 0 Å². The molecule has 0 aliphatic carbocycles. The van der Waals surface area contributed by atoms with Crippen LogP contribution in [0.15, 0.2) is 47.4 Å². The zero-order chi connectivity index (χ0) is 18.7. The monoisotopic (exact) mass is 375 g/mol. The highest BCUT2D eigenvalue weighted by atomic mass is 32.2. The minimum absolute atomic E-state index is 0.156. The summed E-state index contributed by atoms with van der Waals surface area (Å²) in [5.74, 6) is 0.0141. The summed E-state index contributed by atoms with van der Waals surface area (Å²) in [5.41, 5.74) is 2.03. The highest BCUT2D eigenvalue weighted by Gasteiger charge is 2.26. The SMILES string of the molecule is Cc1cccc(C)c1OC(=O)c1ccc(S(=O)(=O)N2CCOCC2)cc1. The van der Waals surface area contributed by atoms with Crippen LogP contribution >= 0.6 is 0 Å². The molecule has 26 heavy (non-hydrogen) atoms. The van der Waals surface area contributed by atoms with Crippen LogP contribution in [-0.4, -0.2) is 45.0 Å². The standard InChI is InChI=1S/C19H21NO5S/c1-14-4-3-5-15(2)18(14)25-19(21)16-6-8-17(9-7-16)26(22,23)20-10-12-24-13-11-20/h3-9H,10-13H2,1-2H3. The van der Waals surface area contributed by atoms with Crippen molar-refractivity contribution in [2.45, 2.75) is 18.7 Å². The summed E-state index contributed by atoms with van der Waals surface area (Å²) in [6.45, 7) is 5.18. The summed E-state index contributed by atoms with van der Waals surface area (Å²) in [4.78, 5) is 12.5. The molecule has 1 fully saturated rings. The molecule has 0 unspecified atom stereocenters. The molecule has 1 heterocycles. The van der Waals surface area contributed by atoms with E-state index in [0.29, 0.717) is 37.6 Å². The number of ether oxygens (including phenoxy) is 2. The van der Waals surface area contributed by atoms with Crippen molar-refractivity contribution in [1.82, 2.24) is 4.31 Å². The summed E-state index contributed by atoms with van der Waals surface area (Å²) >= 11 is 0. The van der Waals surface area contributed by atoms with E-state index in [1.165, 1.54) is 28.6 Å². The Bertz CT molecular complexity index is 880. The molecular formula is C19H21NO5S. The van der Waals surface area contributed by atoms with Crippen molar-refractivity contribution in [2.75, 3.05) is 26.3 Å². The predicted molar refractivity (Wildman–Crippen MR) is 96.9 cm³/mol. The Hall–Kier alpha value is -2.22. The number of carbonyl (C=O) groups excluding carboxylic acids is 1. The fourth-order valence-electron chi connectivity index (χ4n) is 2.81. The number of aryl methyl sites for hydroxylation is 2. The van der Waals surface area contributed by atoms with Crippen molar-refractivity contribution in [1.29, 1.82) is 0 Å². The largest absolute Gasteiger partial charge is 0.422 e. The number of morpholine rings is 1. The van der Waals surface area contributed by atoms with Crippen molar-refractivity contribution in [3.8, 4) is 5.75 Å². The van der Waals surface area contributed by atoms with E-state index in [9.17, 15) is 13.2 Å². The molecule has 2 aromatic rings. The first-order valence-corrected chi connectivity index (χ1v) is 9.80. The molecule has 1 aliphatic rings. The van der Waals surface area contributed by atoms with Crippen LogP contribution in [0.2, 0.25) is 0 Å². The van der Waals surface area contributed by atoms with Gasteiger partial charge in [-0.2, -0.15) is 4.31 Å². The van der Waals surface area contributed by atoms with Gasteiger partial charge in [-0.05, 0) is 49.2 Å². The van der Waals surface area contributed by atoms with Gasteiger partial charge in [0, 0.05) is 13.1 Å². The smallest absolute Gasteiger partial charge is 0.343 e. The fraction of sp³-hybridized carbons (Fsp3) is 0.316. The van der Waals surface area contributed by atoms with E-state index < -0.39 is 16.0 Å². The number of esters is 1. The van der Waals surface area contributed by atoms with Crippen LogP contribution in [0.25, 0.3) is 0 Å². The van der Waals surface area contributed by atoms with Gasteiger partial charge in [0.05, 0.1) is 23.7 Å². The molecule has 138 valence electrons. The van der Waals surface area contributed by atoms with Gasteiger partial charge < -0.3 is 9.47 Å². The average Bonchev–Trinajstić information content (AvgIpc) is 2.65. The van der Waals surface area contributed by atoms with Crippen molar-refractivity contribution < 1.29 is 22.7 Å². The normalized spacial score (nSPS) is 15.6. The number of sulfonamides is 1. The molecule has 7 heteroatoms. The van der Waals surface area contributed by atoms with E-state index in [-0.39, 0.29) is 4.90 Å². The Morgan fingerprint density at radius 2 is 1.58 bits per heavy atom. The second kappa shape index (κ2) is 7.57. The summed E-state index contributed by atoms with van der Waals surface area (Å²) in [7, 11) is -3.58. The summed E-state index contributed by atoms with van der Waals surface area (Å²) in [5, 5.41) is 0. The molecule has 0 saturated carbocycles. The summed E-state index contributed by atoms with van der Waals surface area (Å²) in [6, 6.07) is 11.5. The molecule has 0 amide bonds. The lowest BCUT2D eigenvalue weighted by Crippen LogP contribution is -2.40. The minimum Gasteiger partial charge on any atom is -0.422 e. The summed E-state index contributed by atoms with van der Waals surface area (Å²) < 4.78 is 37.3. The van der Waals surface area contributed by atoms with E-state index in [1.54, 1.807) is 0 Å². The Labute approximate surface area is 153 Å². The Kier molecular flexibility index (Phi) is 5.41. The zero-order valence-corrected chi connectivity index (χ0v) is 15.6. The molecule has 0 spiro atoms. The van der Waals surface area contributed by atoms with Crippen molar-refractivity contribution in [3.05, 3.63) is 59.2 Å². The second-order valence-corrected chi connectivity index (χ2v) is 8.09. The van der Waals surface area contributed by atoms with Gasteiger partial charge in [0.15, 0.2) is 0 Å². The van der Waals surface area contributed by atoms with E-state index in [1.807, 2.05) is 32.0 Å². The summed E-state index contributed by atoms with van der Waals surface area (Å²) in [6.07, 6.45) is 0. The third kappa shape index (κ3) is 3.80. The molecule has 1 aliphatic heterocycles. The first kappa shape index (κ1) is 18.6. The molecule has 6 nitrogen and oxygen atoms in total. The minimum atomic E-state index is -3.58. The Morgan fingerprint density at radius 1 is 1.00 bits per heavy atom. The van der Waals surface area contributed by atoms with E-state index in [2.05, 4.69) is 0 Å². The van der Waals surface area contributed by atoms with Crippen molar-refractivity contribution in [2.24, 2.45) is 0 Å². The number of rotatable bonds is 4. The fourth-order valence-corrected chi connectivity index (χ4v) is 4.22. The first-order valence-electron chi connectivity index (χ1n) is 8.36. The maximum atomic E-state index is 12.6. The van der Waals surface area contributed by atoms with Crippen LogP contribution in [0.3, 0.4) is 0 Å². The molecule has 0 N–H and O–H groups in total. The van der Waals surface area contributed by atoms with Crippen LogP contribution in [0.4, 0.5) is 0 Å². The maximum absolute atomic E-state index is 12.6. The Morgan fingerprint density at radius 3 is 2.15 bits per heavy atom. The zero-order valence-electron chi connectivity index (χ0n) is 14.8. The van der Waals surface area contributed by atoms with Gasteiger partial charge in [-0.25, -0.2) is 13.2 Å². The molecule has 0 atom stereocenters. The van der Waals surface area contributed by atoms with Gasteiger partial charge in [0.1, 0.15) is 5.75 Å². The lowest BCUT2D eigenvalue weighted by Gasteiger charge is -2.26. The van der Waals surface area contributed by atoms with E-state index in [4.69, 9.17) is 9.47 Å². The average molecular weight is 375 g/mol. The molecular weight excluding hydrogens is 354 g/mol. The molecule has 2 aromatic carbocycles. The van der Waals surface area contributed by atoms with Gasteiger partial charge >= 0.3 is 5.97 Å². The number of benzene rings is 2. The van der Waals surface area contributed by atoms with E-state index >= 15 is 0 Å².